The molecule has 6 heteroatoms. The third-order valence-corrected chi connectivity index (χ3v) is 4.86. The Hall–Kier alpha value is -2.37. The van der Waals surface area contributed by atoms with E-state index in [-0.39, 0.29) is 12.3 Å². The molecule has 0 radical (unpaired) electrons. The van der Waals surface area contributed by atoms with E-state index >= 15 is 0 Å². The van der Waals surface area contributed by atoms with Crippen LogP contribution in [0.5, 0.6) is 5.75 Å². The van der Waals surface area contributed by atoms with Crippen molar-refractivity contribution in [3.05, 3.63) is 64.1 Å². The Morgan fingerprint density at radius 1 is 1.24 bits per heavy atom. The number of hydrogen-bond acceptors (Lipinski definition) is 4. The summed E-state index contributed by atoms with van der Waals surface area (Å²) < 4.78 is 5.10. The summed E-state index contributed by atoms with van der Waals surface area (Å²) in [5.74, 6) is 0.434. The van der Waals surface area contributed by atoms with E-state index in [2.05, 4.69) is 22.4 Å². The van der Waals surface area contributed by atoms with E-state index in [0.29, 0.717) is 16.5 Å². The van der Waals surface area contributed by atoms with Gasteiger partial charge in [-0.3, -0.25) is 4.79 Å². The van der Waals surface area contributed by atoms with Gasteiger partial charge in [-0.2, -0.15) is 0 Å². The second-order valence-electron chi connectivity index (χ2n) is 5.58. The first kappa shape index (κ1) is 17.5. The predicted octanol–water partition coefficient (Wildman–Crippen LogP) is 4.96. The molecule has 1 amide bonds. The monoisotopic (exact) mass is 372 g/mol. The largest absolute Gasteiger partial charge is 0.495 e. The summed E-state index contributed by atoms with van der Waals surface area (Å²) in [7, 11) is 1.55. The van der Waals surface area contributed by atoms with Crippen molar-refractivity contribution in [1.29, 1.82) is 0 Å². The number of benzene rings is 2. The van der Waals surface area contributed by atoms with Crippen LogP contribution in [0.2, 0.25) is 5.02 Å². The van der Waals surface area contributed by atoms with Crippen molar-refractivity contribution in [3.63, 3.8) is 0 Å². The molecule has 0 aliphatic carbocycles. The van der Waals surface area contributed by atoms with Gasteiger partial charge in [0.25, 0.3) is 0 Å². The lowest BCUT2D eigenvalue weighted by atomic mass is 10.2. The van der Waals surface area contributed by atoms with Gasteiger partial charge in [-0.15, -0.1) is 11.3 Å². The first-order chi connectivity index (χ1) is 12.0. The molecule has 0 atom stereocenters. The van der Waals surface area contributed by atoms with E-state index in [9.17, 15) is 4.79 Å². The van der Waals surface area contributed by atoms with Crippen molar-refractivity contribution in [2.75, 3.05) is 12.4 Å². The van der Waals surface area contributed by atoms with Crippen LogP contribution >= 0.6 is 22.9 Å². The molecule has 3 aromatic rings. The molecule has 0 aliphatic heterocycles. The molecule has 4 nitrogen and oxygen atoms in total. The maximum Gasteiger partial charge on any atom is 0.230 e. The zero-order chi connectivity index (χ0) is 17.8. The molecule has 1 N–H and O–H groups in total. The highest BCUT2D eigenvalue weighted by Crippen LogP contribution is 2.27. The molecular formula is C19H17ClN2O2S. The fourth-order valence-electron chi connectivity index (χ4n) is 2.33. The number of aryl methyl sites for hydroxylation is 1. The molecule has 1 aromatic heterocycles. The molecular weight excluding hydrogens is 356 g/mol. The lowest BCUT2D eigenvalue weighted by Gasteiger charge is -2.07. The molecule has 0 bridgehead atoms. The number of methoxy groups -OCH3 is 1. The number of thiazole rings is 1. The van der Waals surface area contributed by atoms with Crippen LogP contribution in [0.1, 0.15) is 11.3 Å². The summed E-state index contributed by atoms with van der Waals surface area (Å²) in [4.78, 5) is 16.8. The molecule has 25 heavy (non-hydrogen) atoms. The van der Waals surface area contributed by atoms with E-state index in [1.165, 1.54) is 16.9 Å². The van der Waals surface area contributed by atoms with Crippen LogP contribution in [0.4, 0.5) is 5.69 Å². The van der Waals surface area contributed by atoms with Gasteiger partial charge in [0.1, 0.15) is 10.8 Å². The highest BCUT2D eigenvalue weighted by Gasteiger charge is 2.10. The number of hydrogen-bond donors (Lipinski definition) is 1. The van der Waals surface area contributed by atoms with Crippen LogP contribution in [0.3, 0.4) is 0 Å². The molecule has 128 valence electrons. The van der Waals surface area contributed by atoms with Crippen molar-refractivity contribution < 1.29 is 9.53 Å². The zero-order valence-corrected chi connectivity index (χ0v) is 15.4. The molecule has 0 saturated heterocycles. The smallest absolute Gasteiger partial charge is 0.230 e. The topological polar surface area (TPSA) is 51.2 Å². The van der Waals surface area contributed by atoms with Gasteiger partial charge in [0.2, 0.25) is 5.91 Å². The van der Waals surface area contributed by atoms with Gasteiger partial charge >= 0.3 is 0 Å². The van der Waals surface area contributed by atoms with Gasteiger partial charge in [0, 0.05) is 16.6 Å². The SMILES string of the molecule is COc1ccc(NC(=O)Cc2csc(-c3ccc(C)cc3)n2)cc1Cl. The minimum absolute atomic E-state index is 0.137. The predicted molar refractivity (Wildman–Crippen MR) is 103 cm³/mol. The molecule has 0 fully saturated rings. The number of aromatic nitrogens is 1. The van der Waals surface area contributed by atoms with E-state index < -0.39 is 0 Å². The number of nitrogens with zero attached hydrogens (tertiary/aromatic N) is 1. The van der Waals surface area contributed by atoms with Gasteiger partial charge in [0.05, 0.1) is 24.2 Å². The molecule has 3 rings (SSSR count). The Labute approximate surface area is 155 Å². The summed E-state index contributed by atoms with van der Waals surface area (Å²) >= 11 is 7.60. The molecule has 2 aromatic carbocycles. The van der Waals surface area contributed by atoms with Crippen LogP contribution < -0.4 is 10.1 Å². The molecule has 0 spiro atoms. The molecule has 0 saturated carbocycles. The van der Waals surface area contributed by atoms with Gasteiger partial charge in [-0.1, -0.05) is 41.4 Å². The third-order valence-electron chi connectivity index (χ3n) is 3.63. The number of carbonyl (C=O) groups is 1. The fraction of sp³-hybridized carbons (Fsp3) is 0.158. The van der Waals surface area contributed by atoms with E-state index in [4.69, 9.17) is 16.3 Å². The van der Waals surface area contributed by atoms with Gasteiger partial charge in [0.15, 0.2) is 0 Å². The minimum atomic E-state index is -0.137. The van der Waals surface area contributed by atoms with Gasteiger partial charge in [-0.05, 0) is 25.1 Å². The average Bonchev–Trinajstić information content (AvgIpc) is 3.04. The lowest BCUT2D eigenvalue weighted by Crippen LogP contribution is -2.14. The Kier molecular flexibility index (Phi) is 5.36. The second-order valence-corrected chi connectivity index (χ2v) is 6.85. The Morgan fingerprint density at radius 2 is 2.00 bits per heavy atom. The lowest BCUT2D eigenvalue weighted by molar-refractivity contribution is -0.115. The summed E-state index contributed by atoms with van der Waals surface area (Å²) in [6.45, 7) is 2.05. The quantitative estimate of drug-likeness (QED) is 0.688. The van der Waals surface area contributed by atoms with Crippen molar-refractivity contribution in [2.24, 2.45) is 0 Å². The highest BCUT2D eigenvalue weighted by atomic mass is 35.5. The Balaban J connectivity index is 1.65. The number of rotatable bonds is 5. The number of amides is 1. The van der Waals surface area contributed by atoms with Crippen LogP contribution in [-0.2, 0) is 11.2 Å². The second kappa shape index (κ2) is 7.68. The fourth-order valence-corrected chi connectivity index (χ4v) is 3.41. The maximum absolute atomic E-state index is 12.2. The van der Waals surface area contributed by atoms with Crippen molar-refractivity contribution in [3.8, 4) is 16.3 Å². The first-order valence-electron chi connectivity index (χ1n) is 7.70. The normalized spacial score (nSPS) is 10.5. The first-order valence-corrected chi connectivity index (χ1v) is 8.96. The highest BCUT2D eigenvalue weighted by molar-refractivity contribution is 7.13. The zero-order valence-electron chi connectivity index (χ0n) is 13.9. The van der Waals surface area contributed by atoms with Crippen LogP contribution in [0.15, 0.2) is 47.8 Å². The standard InChI is InChI=1S/C19H17ClN2O2S/c1-12-3-5-13(6-4-12)19-22-15(11-25-19)10-18(23)21-14-7-8-17(24-2)16(20)9-14/h3-9,11H,10H2,1-2H3,(H,21,23). The van der Waals surface area contributed by atoms with Gasteiger partial charge in [-0.25, -0.2) is 4.98 Å². The van der Waals surface area contributed by atoms with E-state index in [1.54, 1.807) is 25.3 Å². The van der Waals surface area contributed by atoms with Crippen molar-refractivity contribution >= 4 is 34.5 Å². The molecule has 0 aliphatic rings. The minimum Gasteiger partial charge on any atom is -0.495 e. The number of ether oxygens (including phenoxy) is 1. The number of anilines is 1. The number of halogens is 1. The summed E-state index contributed by atoms with van der Waals surface area (Å²) in [5, 5.41) is 6.10. The van der Waals surface area contributed by atoms with E-state index in [0.717, 1.165) is 16.3 Å². The van der Waals surface area contributed by atoms with E-state index in [1.807, 2.05) is 24.4 Å². The summed E-state index contributed by atoms with van der Waals surface area (Å²) in [6, 6.07) is 13.3. The summed E-state index contributed by atoms with van der Waals surface area (Å²) in [5.41, 5.74) is 3.64. The van der Waals surface area contributed by atoms with Crippen LogP contribution in [0, 0.1) is 6.92 Å². The van der Waals surface area contributed by atoms with Crippen molar-refractivity contribution in [1.82, 2.24) is 4.98 Å². The van der Waals surface area contributed by atoms with Crippen LogP contribution in [-0.4, -0.2) is 18.0 Å². The number of carbonyl (C=O) groups excluding carboxylic acids is 1. The van der Waals surface area contributed by atoms with Crippen molar-refractivity contribution in [2.45, 2.75) is 13.3 Å². The Morgan fingerprint density at radius 3 is 2.68 bits per heavy atom. The average molecular weight is 373 g/mol. The maximum atomic E-state index is 12.2. The summed E-state index contributed by atoms with van der Waals surface area (Å²) in [6.07, 6.45) is 0.214. The van der Waals surface area contributed by atoms with Gasteiger partial charge < -0.3 is 10.1 Å². The molecule has 0 unspecified atom stereocenters. The molecule has 1 heterocycles. The Bertz CT molecular complexity index is 891. The number of nitrogens with one attached hydrogen (secondary N) is 1. The third kappa shape index (κ3) is 4.38. The van der Waals surface area contributed by atoms with Crippen LogP contribution in [0.25, 0.3) is 10.6 Å².